The van der Waals surface area contributed by atoms with Crippen molar-refractivity contribution in [2.45, 2.75) is 6.42 Å². The van der Waals surface area contributed by atoms with Crippen LogP contribution in [0.2, 0.25) is 0 Å². The summed E-state index contributed by atoms with van der Waals surface area (Å²) >= 11 is 1.47. The molecule has 1 heterocycles. The van der Waals surface area contributed by atoms with Crippen LogP contribution >= 0.6 is 11.3 Å². The lowest BCUT2D eigenvalue weighted by atomic mass is 10.5. The average molecular weight is 231 g/mol. The molecule has 0 spiro atoms. The highest BCUT2D eigenvalue weighted by atomic mass is 32.1. The molecule has 0 aliphatic carbocycles. The summed E-state index contributed by atoms with van der Waals surface area (Å²) in [6.07, 6.45) is 0.832. The lowest BCUT2D eigenvalue weighted by Gasteiger charge is -2.04. The molecule has 6 heteroatoms. The third kappa shape index (κ3) is 3.24. The number of ether oxygens (including phenoxy) is 2. The topological polar surface area (TPSA) is 60.6 Å². The third-order valence-electron chi connectivity index (χ3n) is 1.71. The summed E-state index contributed by atoms with van der Waals surface area (Å²) in [5.74, 6) is 0.542. The van der Waals surface area contributed by atoms with Crippen LogP contribution in [0.1, 0.15) is 6.42 Å². The smallest absolute Gasteiger partial charge is 0.270 e. The van der Waals surface area contributed by atoms with Crippen LogP contribution in [0, 0.1) is 0 Å². The first kappa shape index (κ1) is 12.1. The lowest BCUT2D eigenvalue weighted by molar-refractivity contribution is 0.296. The van der Waals surface area contributed by atoms with Gasteiger partial charge in [0.05, 0.1) is 13.7 Å². The minimum absolute atomic E-state index is 0.542. The number of nitrogens with zero attached hydrogens (tertiary/aromatic N) is 2. The Kier molecular flexibility index (Phi) is 4.64. The number of rotatable bonds is 6. The molecule has 0 unspecified atom stereocenters. The predicted octanol–water partition coefficient (Wildman–Crippen LogP) is 0.945. The van der Waals surface area contributed by atoms with E-state index in [1.165, 1.54) is 11.3 Å². The molecule has 1 aromatic rings. The first-order chi connectivity index (χ1) is 7.19. The zero-order valence-electron chi connectivity index (χ0n) is 9.32. The second-order valence-electron chi connectivity index (χ2n) is 3.18. The van der Waals surface area contributed by atoms with E-state index in [4.69, 9.17) is 15.2 Å². The Balaban J connectivity index is 2.67. The number of anilines is 1. The van der Waals surface area contributed by atoms with Gasteiger partial charge in [0.25, 0.3) is 5.88 Å². The number of hydrogen-bond donors (Lipinski definition) is 1. The normalized spacial score (nSPS) is 10.1. The summed E-state index contributed by atoms with van der Waals surface area (Å²) in [4.78, 5) is 6.19. The van der Waals surface area contributed by atoms with Gasteiger partial charge >= 0.3 is 0 Å². The zero-order valence-corrected chi connectivity index (χ0v) is 10.1. The Morgan fingerprint density at radius 1 is 1.47 bits per heavy atom. The molecule has 0 amide bonds. The molecule has 86 valence electrons. The van der Waals surface area contributed by atoms with Crippen LogP contribution in [-0.2, 0) is 0 Å². The van der Waals surface area contributed by atoms with Gasteiger partial charge in [0.1, 0.15) is 0 Å². The van der Waals surface area contributed by atoms with E-state index in [0.717, 1.165) is 16.6 Å². The van der Waals surface area contributed by atoms with Gasteiger partial charge in [0.15, 0.2) is 5.13 Å². The molecule has 2 N–H and O–H groups in total. The van der Waals surface area contributed by atoms with Gasteiger partial charge in [-0.3, -0.25) is 0 Å². The van der Waals surface area contributed by atoms with Crippen molar-refractivity contribution in [3.05, 3.63) is 0 Å². The van der Waals surface area contributed by atoms with E-state index in [2.05, 4.69) is 4.98 Å². The van der Waals surface area contributed by atoms with Gasteiger partial charge in [-0.1, -0.05) is 11.3 Å². The number of nitrogens with two attached hydrogens (primary N) is 1. The molecule has 0 saturated heterocycles. The molecule has 0 aromatic carbocycles. The van der Waals surface area contributed by atoms with Gasteiger partial charge in [0.2, 0.25) is 5.06 Å². The minimum Gasteiger partial charge on any atom is -0.480 e. The first-order valence-electron chi connectivity index (χ1n) is 4.74. The van der Waals surface area contributed by atoms with Crippen molar-refractivity contribution in [3.8, 4) is 10.9 Å². The quantitative estimate of drug-likeness (QED) is 0.738. The largest absolute Gasteiger partial charge is 0.480 e. The predicted molar refractivity (Wildman–Crippen MR) is 62.2 cm³/mol. The first-order valence-corrected chi connectivity index (χ1v) is 5.55. The van der Waals surface area contributed by atoms with Crippen molar-refractivity contribution in [2.24, 2.45) is 5.73 Å². The van der Waals surface area contributed by atoms with Gasteiger partial charge in [-0.05, 0) is 13.0 Å². The highest BCUT2D eigenvalue weighted by Crippen LogP contribution is 2.37. The Morgan fingerprint density at radius 2 is 2.20 bits per heavy atom. The van der Waals surface area contributed by atoms with Gasteiger partial charge in [0, 0.05) is 14.1 Å². The molecule has 0 fully saturated rings. The number of methoxy groups -OCH3 is 1. The summed E-state index contributed by atoms with van der Waals surface area (Å²) < 4.78 is 10.6. The fraction of sp³-hybridized carbons (Fsp3) is 0.667. The second-order valence-corrected chi connectivity index (χ2v) is 4.12. The standard InChI is InChI=1S/C9H17N3O2S/c1-12(2)9-11-7(13-3)8(15-9)14-6-4-5-10/h4-6,10H2,1-3H3. The Bertz CT molecular complexity index is 302. The highest BCUT2D eigenvalue weighted by Gasteiger charge is 2.13. The summed E-state index contributed by atoms with van der Waals surface area (Å²) in [5, 5.41) is 1.59. The van der Waals surface area contributed by atoms with E-state index in [0.29, 0.717) is 19.0 Å². The van der Waals surface area contributed by atoms with E-state index in [-0.39, 0.29) is 0 Å². The molecule has 0 aliphatic heterocycles. The molecular weight excluding hydrogens is 214 g/mol. The van der Waals surface area contributed by atoms with Crippen molar-refractivity contribution >= 4 is 16.5 Å². The molecule has 1 aromatic heterocycles. The van der Waals surface area contributed by atoms with Gasteiger partial charge in [-0.15, -0.1) is 0 Å². The molecular formula is C9H17N3O2S. The van der Waals surface area contributed by atoms with Crippen LogP contribution < -0.4 is 20.1 Å². The van der Waals surface area contributed by atoms with E-state index in [1.807, 2.05) is 19.0 Å². The summed E-state index contributed by atoms with van der Waals surface area (Å²) in [6.45, 7) is 1.23. The van der Waals surface area contributed by atoms with Crippen LogP contribution in [0.3, 0.4) is 0 Å². The molecule has 0 saturated carbocycles. The van der Waals surface area contributed by atoms with Crippen molar-refractivity contribution in [3.63, 3.8) is 0 Å². The maximum absolute atomic E-state index is 5.52. The molecule has 5 nitrogen and oxygen atoms in total. The minimum atomic E-state index is 0.542. The fourth-order valence-electron chi connectivity index (χ4n) is 0.942. The van der Waals surface area contributed by atoms with E-state index < -0.39 is 0 Å². The maximum atomic E-state index is 5.52. The average Bonchev–Trinajstić information content (AvgIpc) is 2.62. The SMILES string of the molecule is COc1nc(N(C)C)sc1OCCCN. The molecule has 0 bridgehead atoms. The van der Waals surface area contributed by atoms with Crippen molar-refractivity contribution in [1.82, 2.24) is 4.98 Å². The van der Waals surface area contributed by atoms with Gasteiger partial charge < -0.3 is 20.1 Å². The van der Waals surface area contributed by atoms with Gasteiger partial charge in [-0.25, -0.2) is 0 Å². The summed E-state index contributed by atoms with van der Waals surface area (Å²) in [7, 11) is 5.45. The zero-order chi connectivity index (χ0) is 11.3. The fourth-order valence-corrected chi connectivity index (χ4v) is 1.78. The Labute approximate surface area is 93.8 Å². The number of aromatic nitrogens is 1. The van der Waals surface area contributed by atoms with E-state index in [9.17, 15) is 0 Å². The molecule has 15 heavy (non-hydrogen) atoms. The second kappa shape index (κ2) is 5.77. The molecule has 0 radical (unpaired) electrons. The van der Waals surface area contributed by atoms with Crippen LogP contribution in [-0.4, -0.2) is 39.3 Å². The van der Waals surface area contributed by atoms with Crippen molar-refractivity contribution in [2.75, 3.05) is 39.3 Å². The Morgan fingerprint density at radius 3 is 2.73 bits per heavy atom. The van der Waals surface area contributed by atoms with Crippen molar-refractivity contribution in [1.29, 1.82) is 0 Å². The van der Waals surface area contributed by atoms with Crippen LogP contribution in [0.15, 0.2) is 0 Å². The van der Waals surface area contributed by atoms with E-state index >= 15 is 0 Å². The highest BCUT2D eigenvalue weighted by molar-refractivity contribution is 7.17. The molecule has 0 aliphatic rings. The summed E-state index contributed by atoms with van der Waals surface area (Å²) in [5.41, 5.74) is 5.38. The number of thiazole rings is 1. The third-order valence-corrected chi connectivity index (χ3v) is 2.83. The van der Waals surface area contributed by atoms with Crippen LogP contribution in [0.5, 0.6) is 10.9 Å². The monoisotopic (exact) mass is 231 g/mol. The Hall–Kier alpha value is -1.01. The van der Waals surface area contributed by atoms with Gasteiger partial charge in [-0.2, -0.15) is 4.98 Å². The van der Waals surface area contributed by atoms with Crippen LogP contribution in [0.25, 0.3) is 0 Å². The molecule has 0 atom stereocenters. The molecule has 1 rings (SSSR count). The van der Waals surface area contributed by atoms with E-state index in [1.54, 1.807) is 7.11 Å². The van der Waals surface area contributed by atoms with Crippen LogP contribution in [0.4, 0.5) is 5.13 Å². The lowest BCUT2D eigenvalue weighted by Crippen LogP contribution is -2.07. The number of hydrogen-bond acceptors (Lipinski definition) is 6. The van der Waals surface area contributed by atoms with Crippen molar-refractivity contribution < 1.29 is 9.47 Å². The summed E-state index contributed by atoms with van der Waals surface area (Å²) in [6, 6.07) is 0. The maximum Gasteiger partial charge on any atom is 0.270 e.